The fourth-order valence-electron chi connectivity index (χ4n) is 2.17. The molecule has 2 heterocycles. The number of fused-ring (bicyclic) bond motifs is 2. The second kappa shape index (κ2) is 4.20. The third kappa shape index (κ3) is 1.86. The number of hydrogen-bond donors (Lipinski definition) is 2. The van der Waals surface area contributed by atoms with E-state index in [-0.39, 0.29) is 27.9 Å². The predicted octanol–water partition coefficient (Wildman–Crippen LogP) is 0.685. The molecule has 9 heteroatoms. The van der Waals surface area contributed by atoms with E-state index in [0.29, 0.717) is 11.1 Å². The Morgan fingerprint density at radius 3 is 2.52 bits per heavy atom. The number of aromatic nitrogens is 4. The van der Waals surface area contributed by atoms with Gasteiger partial charge in [-0.3, -0.25) is 24.9 Å². The van der Waals surface area contributed by atoms with Gasteiger partial charge >= 0.3 is 5.69 Å². The molecular formula is C12H9N5O4. The molecule has 3 aromatic rings. The quantitative estimate of drug-likeness (QED) is 0.384. The number of nitro groups is 1. The van der Waals surface area contributed by atoms with Crippen LogP contribution in [-0.4, -0.2) is 24.9 Å². The first-order valence-electron chi connectivity index (χ1n) is 5.97. The maximum absolute atomic E-state index is 11.7. The van der Waals surface area contributed by atoms with Gasteiger partial charge in [-0.25, -0.2) is 14.8 Å². The van der Waals surface area contributed by atoms with E-state index in [2.05, 4.69) is 15.0 Å². The number of aromatic amines is 2. The van der Waals surface area contributed by atoms with Crippen molar-refractivity contribution in [2.75, 3.05) is 0 Å². The van der Waals surface area contributed by atoms with Crippen molar-refractivity contribution in [1.82, 2.24) is 19.9 Å². The molecule has 0 saturated heterocycles. The van der Waals surface area contributed by atoms with E-state index < -0.39 is 16.2 Å². The number of aryl methyl sites for hydroxylation is 1. The molecule has 0 aliphatic heterocycles. The Hall–Kier alpha value is -3.10. The van der Waals surface area contributed by atoms with Gasteiger partial charge in [-0.15, -0.1) is 0 Å². The van der Waals surface area contributed by atoms with Crippen molar-refractivity contribution in [3.63, 3.8) is 0 Å². The Bertz CT molecular complexity index is 1030. The van der Waals surface area contributed by atoms with Crippen LogP contribution < -0.4 is 11.2 Å². The van der Waals surface area contributed by atoms with Crippen molar-refractivity contribution in [3.8, 4) is 0 Å². The highest BCUT2D eigenvalue weighted by Gasteiger charge is 2.21. The number of hydrogen-bond acceptors (Lipinski definition) is 6. The second-order valence-electron chi connectivity index (χ2n) is 4.62. The highest BCUT2D eigenvalue weighted by Crippen LogP contribution is 2.29. The molecular weight excluding hydrogens is 278 g/mol. The van der Waals surface area contributed by atoms with E-state index in [1.165, 1.54) is 0 Å². The lowest BCUT2D eigenvalue weighted by Crippen LogP contribution is -2.23. The van der Waals surface area contributed by atoms with E-state index in [0.717, 1.165) is 0 Å². The first kappa shape index (κ1) is 12.9. The molecule has 2 aromatic heterocycles. The molecule has 0 atom stereocenters. The maximum Gasteiger partial charge on any atom is 0.327 e. The number of nitro benzene ring substituents is 1. The molecule has 0 aliphatic carbocycles. The Balaban J connectivity index is 2.61. The zero-order valence-electron chi connectivity index (χ0n) is 11.1. The topological polar surface area (TPSA) is 135 Å². The zero-order chi connectivity index (χ0) is 15.3. The van der Waals surface area contributed by atoms with Crippen molar-refractivity contribution in [3.05, 3.63) is 48.1 Å². The van der Waals surface area contributed by atoms with Crippen LogP contribution in [0.3, 0.4) is 0 Å². The minimum absolute atomic E-state index is 0.00574. The highest BCUT2D eigenvalue weighted by atomic mass is 16.6. The van der Waals surface area contributed by atoms with Crippen molar-refractivity contribution >= 4 is 27.9 Å². The number of H-pyrrole nitrogens is 2. The molecule has 1 aromatic carbocycles. The monoisotopic (exact) mass is 287 g/mol. The normalized spacial score (nSPS) is 11.1. The number of nitrogens with one attached hydrogen (secondary N) is 2. The van der Waals surface area contributed by atoms with Gasteiger partial charge in [0.15, 0.2) is 16.7 Å². The summed E-state index contributed by atoms with van der Waals surface area (Å²) in [5.41, 5.74) is -0.383. The van der Waals surface area contributed by atoms with Crippen LogP contribution in [0.25, 0.3) is 22.2 Å². The van der Waals surface area contributed by atoms with Crippen LogP contribution in [0.2, 0.25) is 0 Å². The smallest absolute Gasteiger partial charge is 0.290 e. The van der Waals surface area contributed by atoms with Gasteiger partial charge in [0.2, 0.25) is 0 Å². The molecule has 0 amide bonds. The van der Waals surface area contributed by atoms with Crippen molar-refractivity contribution in [2.45, 2.75) is 13.8 Å². The van der Waals surface area contributed by atoms with Gasteiger partial charge < -0.3 is 0 Å². The van der Waals surface area contributed by atoms with Crippen LogP contribution in [-0.2, 0) is 0 Å². The SMILES string of the molecule is Cc1cc2nc3[nH]c(=O)[nH]c(=O)c3nc2c([N+](=O)[O-])c1C. The summed E-state index contributed by atoms with van der Waals surface area (Å²) in [5.74, 6) is 0. The summed E-state index contributed by atoms with van der Waals surface area (Å²) in [5, 5.41) is 11.3. The van der Waals surface area contributed by atoms with E-state index in [9.17, 15) is 19.7 Å². The first-order chi connectivity index (χ1) is 9.88. The standard InChI is InChI=1S/C12H9N5O4/c1-4-3-6-7(9(5(4)2)17(20)21)14-8-10(13-6)15-12(19)16-11(8)18/h3H,1-2H3,(H2,13,15,16,18,19). The average molecular weight is 287 g/mol. The summed E-state index contributed by atoms with van der Waals surface area (Å²) in [6.45, 7) is 3.32. The fraction of sp³-hybridized carbons (Fsp3) is 0.167. The summed E-state index contributed by atoms with van der Waals surface area (Å²) in [7, 11) is 0. The molecule has 21 heavy (non-hydrogen) atoms. The van der Waals surface area contributed by atoms with Gasteiger partial charge in [0.05, 0.1) is 10.4 Å². The Morgan fingerprint density at radius 1 is 1.14 bits per heavy atom. The van der Waals surface area contributed by atoms with Gasteiger partial charge in [0, 0.05) is 5.56 Å². The largest absolute Gasteiger partial charge is 0.327 e. The minimum atomic E-state index is -0.740. The molecule has 9 nitrogen and oxygen atoms in total. The molecule has 2 N–H and O–H groups in total. The minimum Gasteiger partial charge on any atom is -0.290 e. The molecule has 3 rings (SSSR count). The molecule has 0 radical (unpaired) electrons. The Kier molecular flexibility index (Phi) is 2.58. The second-order valence-corrected chi connectivity index (χ2v) is 4.62. The molecule has 106 valence electrons. The third-order valence-electron chi connectivity index (χ3n) is 3.30. The van der Waals surface area contributed by atoms with Crippen LogP contribution in [0.5, 0.6) is 0 Å². The molecule has 0 unspecified atom stereocenters. The Labute approximate surface area is 115 Å². The van der Waals surface area contributed by atoms with E-state index >= 15 is 0 Å². The van der Waals surface area contributed by atoms with Gasteiger partial charge in [-0.2, -0.15) is 0 Å². The van der Waals surface area contributed by atoms with E-state index in [1.807, 2.05) is 4.98 Å². The summed E-state index contributed by atoms with van der Waals surface area (Å²) in [6.07, 6.45) is 0. The van der Waals surface area contributed by atoms with Crippen LogP contribution in [0, 0.1) is 24.0 Å². The number of benzene rings is 1. The highest BCUT2D eigenvalue weighted by molar-refractivity contribution is 5.91. The maximum atomic E-state index is 11.7. The summed E-state index contributed by atoms with van der Waals surface area (Å²) in [6, 6.07) is 1.63. The molecule has 0 spiro atoms. The van der Waals surface area contributed by atoms with Gasteiger partial charge in [0.25, 0.3) is 11.2 Å². The molecule has 0 aliphatic rings. The van der Waals surface area contributed by atoms with Gasteiger partial charge in [0.1, 0.15) is 0 Å². The van der Waals surface area contributed by atoms with Crippen molar-refractivity contribution < 1.29 is 4.92 Å². The van der Waals surface area contributed by atoms with Crippen molar-refractivity contribution in [1.29, 1.82) is 0 Å². The van der Waals surface area contributed by atoms with Crippen LogP contribution in [0.1, 0.15) is 11.1 Å². The Morgan fingerprint density at radius 2 is 1.86 bits per heavy atom. The molecule has 0 fully saturated rings. The lowest BCUT2D eigenvalue weighted by Gasteiger charge is -2.06. The van der Waals surface area contributed by atoms with Crippen LogP contribution in [0.4, 0.5) is 5.69 Å². The lowest BCUT2D eigenvalue weighted by molar-refractivity contribution is -0.383. The molecule has 0 saturated carbocycles. The number of nitrogens with zero attached hydrogens (tertiary/aromatic N) is 3. The van der Waals surface area contributed by atoms with Gasteiger partial charge in [-0.05, 0) is 25.5 Å². The fourth-order valence-corrected chi connectivity index (χ4v) is 2.17. The summed E-state index contributed by atoms with van der Waals surface area (Å²) >= 11 is 0. The summed E-state index contributed by atoms with van der Waals surface area (Å²) in [4.78, 5) is 46.2. The summed E-state index contributed by atoms with van der Waals surface area (Å²) < 4.78 is 0. The predicted molar refractivity (Wildman–Crippen MR) is 74.4 cm³/mol. The van der Waals surface area contributed by atoms with Gasteiger partial charge in [-0.1, -0.05) is 0 Å². The molecule has 0 bridgehead atoms. The lowest BCUT2D eigenvalue weighted by atomic mass is 10.1. The number of rotatable bonds is 1. The van der Waals surface area contributed by atoms with E-state index in [1.54, 1.807) is 19.9 Å². The van der Waals surface area contributed by atoms with Crippen LogP contribution in [0.15, 0.2) is 15.7 Å². The first-order valence-corrected chi connectivity index (χ1v) is 5.97. The van der Waals surface area contributed by atoms with Crippen LogP contribution >= 0.6 is 0 Å². The third-order valence-corrected chi connectivity index (χ3v) is 3.30. The van der Waals surface area contributed by atoms with Crippen molar-refractivity contribution in [2.24, 2.45) is 0 Å². The average Bonchev–Trinajstić information content (AvgIpc) is 2.38. The van der Waals surface area contributed by atoms with E-state index in [4.69, 9.17) is 0 Å². The zero-order valence-corrected chi connectivity index (χ0v) is 11.1.